The molecule has 1 aromatic heterocycles. The number of furan rings is 1. The zero-order valence-corrected chi connectivity index (χ0v) is 13.1. The molecule has 0 bridgehead atoms. The number of hydrogen-bond donors (Lipinski definition) is 1. The van der Waals surface area contributed by atoms with E-state index in [-0.39, 0.29) is 18.3 Å². The lowest BCUT2D eigenvalue weighted by Gasteiger charge is -2.29. The molecule has 1 aliphatic carbocycles. The zero-order chi connectivity index (χ0) is 16.2. The summed E-state index contributed by atoms with van der Waals surface area (Å²) in [6, 6.07) is 0. The summed E-state index contributed by atoms with van der Waals surface area (Å²) in [4.78, 5) is 23.5. The lowest BCUT2D eigenvalue weighted by Crippen LogP contribution is -2.35. The standard InChI is InChI=1S/C16H20O6/c1-7-12-11(21-9(3)17)5-16(4,19)10-6-20-8(2)13(10)14(12)22-15(7)18/h6-7,11-12,14,19H,5H2,1-4H3/t7-,11-,12+,14-,16-/m0/s1. The Morgan fingerprint density at radius 3 is 2.82 bits per heavy atom. The van der Waals surface area contributed by atoms with Crippen molar-refractivity contribution in [1.29, 1.82) is 0 Å². The van der Waals surface area contributed by atoms with Gasteiger partial charge in [-0.05, 0) is 13.8 Å². The van der Waals surface area contributed by atoms with Gasteiger partial charge in [0.2, 0.25) is 0 Å². The summed E-state index contributed by atoms with van der Waals surface area (Å²) < 4.78 is 16.4. The SMILES string of the molecule is CC(=O)O[C@H]1C[C@](C)(O)c2coc(C)c2[C@H]2OC(=O)[C@@H](C)[C@H]12. The molecule has 6 heteroatoms. The fraction of sp³-hybridized carbons (Fsp3) is 0.625. The topological polar surface area (TPSA) is 86.0 Å². The second-order valence-electron chi connectivity index (χ2n) is 6.47. The Balaban J connectivity index is 2.14. The van der Waals surface area contributed by atoms with Gasteiger partial charge in [0.1, 0.15) is 18.0 Å². The molecule has 1 fully saturated rings. The van der Waals surface area contributed by atoms with E-state index in [0.717, 1.165) is 0 Å². The van der Waals surface area contributed by atoms with Crippen LogP contribution in [0.25, 0.3) is 0 Å². The van der Waals surface area contributed by atoms with E-state index in [0.29, 0.717) is 16.9 Å². The first-order valence-corrected chi connectivity index (χ1v) is 7.41. The van der Waals surface area contributed by atoms with Gasteiger partial charge in [0.05, 0.1) is 23.7 Å². The normalized spacial score (nSPS) is 37.0. The average Bonchev–Trinajstić information content (AvgIpc) is 2.87. The number of esters is 2. The molecule has 0 saturated carbocycles. The molecule has 1 saturated heterocycles. The fourth-order valence-electron chi connectivity index (χ4n) is 3.70. The molecule has 2 aliphatic rings. The first-order chi connectivity index (χ1) is 10.2. The second kappa shape index (κ2) is 4.84. The second-order valence-corrected chi connectivity index (χ2v) is 6.47. The van der Waals surface area contributed by atoms with E-state index in [1.807, 2.05) is 0 Å². The summed E-state index contributed by atoms with van der Waals surface area (Å²) in [5.41, 5.74) is 0.0721. The summed E-state index contributed by atoms with van der Waals surface area (Å²) in [6.07, 6.45) is 0.537. The summed E-state index contributed by atoms with van der Waals surface area (Å²) >= 11 is 0. The molecule has 0 radical (unpaired) electrons. The molecule has 22 heavy (non-hydrogen) atoms. The van der Waals surface area contributed by atoms with Crippen molar-refractivity contribution in [2.45, 2.75) is 51.9 Å². The van der Waals surface area contributed by atoms with Crippen molar-refractivity contribution in [3.63, 3.8) is 0 Å². The van der Waals surface area contributed by atoms with Gasteiger partial charge in [-0.3, -0.25) is 9.59 Å². The maximum atomic E-state index is 12.0. The fourth-order valence-corrected chi connectivity index (χ4v) is 3.70. The Hall–Kier alpha value is -1.82. The van der Waals surface area contributed by atoms with Crippen molar-refractivity contribution >= 4 is 11.9 Å². The highest BCUT2D eigenvalue weighted by Gasteiger charge is 2.54. The lowest BCUT2D eigenvalue weighted by molar-refractivity contribution is -0.154. The van der Waals surface area contributed by atoms with Crippen molar-refractivity contribution in [3.8, 4) is 0 Å². The molecule has 0 aromatic carbocycles. The van der Waals surface area contributed by atoms with Crippen LogP contribution in [-0.2, 0) is 24.7 Å². The van der Waals surface area contributed by atoms with Gasteiger partial charge in [-0.1, -0.05) is 6.92 Å². The van der Waals surface area contributed by atoms with Gasteiger partial charge < -0.3 is 19.0 Å². The number of carbonyl (C=O) groups excluding carboxylic acids is 2. The predicted molar refractivity (Wildman–Crippen MR) is 74.7 cm³/mol. The van der Waals surface area contributed by atoms with E-state index < -0.39 is 29.7 Å². The van der Waals surface area contributed by atoms with Crippen molar-refractivity contribution in [3.05, 3.63) is 23.2 Å². The average molecular weight is 308 g/mol. The minimum Gasteiger partial charge on any atom is -0.469 e. The third kappa shape index (κ3) is 2.13. The molecule has 0 amide bonds. The minimum absolute atomic E-state index is 0.195. The molecular weight excluding hydrogens is 288 g/mol. The van der Waals surface area contributed by atoms with Gasteiger partial charge in [-0.2, -0.15) is 0 Å². The maximum Gasteiger partial charge on any atom is 0.309 e. The van der Waals surface area contributed by atoms with Crippen LogP contribution in [0.5, 0.6) is 0 Å². The Kier molecular flexibility index (Phi) is 3.32. The van der Waals surface area contributed by atoms with Crippen LogP contribution in [0.1, 0.15) is 50.2 Å². The third-order valence-corrected chi connectivity index (χ3v) is 4.77. The number of aryl methyl sites for hydroxylation is 1. The van der Waals surface area contributed by atoms with Crippen molar-refractivity contribution < 1.29 is 28.6 Å². The van der Waals surface area contributed by atoms with E-state index in [9.17, 15) is 14.7 Å². The molecule has 1 aromatic rings. The number of fused-ring (bicyclic) bond motifs is 3. The number of aliphatic hydroxyl groups is 1. The molecular formula is C16H20O6. The smallest absolute Gasteiger partial charge is 0.309 e. The zero-order valence-electron chi connectivity index (χ0n) is 13.1. The lowest BCUT2D eigenvalue weighted by atomic mass is 9.83. The largest absolute Gasteiger partial charge is 0.469 e. The highest BCUT2D eigenvalue weighted by molar-refractivity contribution is 5.76. The molecule has 3 rings (SSSR count). The summed E-state index contributed by atoms with van der Waals surface area (Å²) in [7, 11) is 0. The highest BCUT2D eigenvalue weighted by Crippen LogP contribution is 2.51. The number of rotatable bonds is 1. The summed E-state index contributed by atoms with van der Waals surface area (Å²) in [5.74, 6) is -0.893. The molecule has 0 unspecified atom stereocenters. The highest BCUT2D eigenvalue weighted by atomic mass is 16.6. The Labute approximate surface area is 128 Å². The van der Waals surface area contributed by atoms with Crippen LogP contribution in [0.4, 0.5) is 0 Å². The van der Waals surface area contributed by atoms with E-state index in [1.165, 1.54) is 13.2 Å². The summed E-state index contributed by atoms with van der Waals surface area (Å²) in [5, 5.41) is 10.8. The van der Waals surface area contributed by atoms with Crippen LogP contribution in [0.3, 0.4) is 0 Å². The van der Waals surface area contributed by atoms with Crippen molar-refractivity contribution in [2.75, 3.05) is 0 Å². The molecule has 1 N–H and O–H groups in total. The molecule has 6 nitrogen and oxygen atoms in total. The van der Waals surface area contributed by atoms with E-state index in [2.05, 4.69) is 0 Å². The van der Waals surface area contributed by atoms with Gasteiger partial charge >= 0.3 is 11.9 Å². The molecule has 5 atom stereocenters. The van der Waals surface area contributed by atoms with Crippen LogP contribution < -0.4 is 0 Å². The first kappa shape index (κ1) is 15.1. The van der Waals surface area contributed by atoms with Crippen molar-refractivity contribution in [1.82, 2.24) is 0 Å². The van der Waals surface area contributed by atoms with Crippen LogP contribution in [0, 0.1) is 18.8 Å². The Bertz CT molecular complexity index is 629. The Morgan fingerprint density at radius 1 is 1.50 bits per heavy atom. The van der Waals surface area contributed by atoms with Crippen LogP contribution in [0.2, 0.25) is 0 Å². The molecule has 120 valence electrons. The number of hydrogen-bond acceptors (Lipinski definition) is 6. The Morgan fingerprint density at radius 2 is 2.18 bits per heavy atom. The minimum atomic E-state index is -1.22. The van der Waals surface area contributed by atoms with Crippen LogP contribution >= 0.6 is 0 Å². The monoisotopic (exact) mass is 308 g/mol. The molecule has 2 heterocycles. The number of ether oxygens (including phenoxy) is 2. The van der Waals surface area contributed by atoms with Gasteiger partial charge in [-0.15, -0.1) is 0 Å². The van der Waals surface area contributed by atoms with Gasteiger partial charge in [0, 0.05) is 24.5 Å². The maximum absolute atomic E-state index is 12.0. The van der Waals surface area contributed by atoms with Gasteiger partial charge in [-0.25, -0.2) is 0 Å². The predicted octanol–water partition coefficient (Wildman–Crippen LogP) is 1.98. The quantitative estimate of drug-likeness (QED) is 0.798. The van der Waals surface area contributed by atoms with Crippen LogP contribution in [0.15, 0.2) is 10.7 Å². The first-order valence-electron chi connectivity index (χ1n) is 7.41. The third-order valence-electron chi connectivity index (χ3n) is 4.77. The van der Waals surface area contributed by atoms with E-state index >= 15 is 0 Å². The summed E-state index contributed by atoms with van der Waals surface area (Å²) in [6.45, 7) is 6.52. The van der Waals surface area contributed by atoms with Crippen LogP contribution in [-0.4, -0.2) is 23.1 Å². The molecule has 0 spiro atoms. The van der Waals surface area contributed by atoms with E-state index in [4.69, 9.17) is 13.9 Å². The van der Waals surface area contributed by atoms with Gasteiger partial charge in [0.25, 0.3) is 0 Å². The number of carbonyl (C=O) groups is 2. The van der Waals surface area contributed by atoms with Crippen molar-refractivity contribution in [2.24, 2.45) is 11.8 Å². The molecule has 1 aliphatic heterocycles. The van der Waals surface area contributed by atoms with Gasteiger partial charge in [0.15, 0.2) is 0 Å². The van der Waals surface area contributed by atoms with E-state index in [1.54, 1.807) is 20.8 Å².